The van der Waals surface area contributed by atoms with Crippen molar-refractivity contribution < 1.29 is 37.4 Å². The van der Waals surface area contributed by atoms with Gasteiger partial charge in [0.2, 0.25) is 0 Å². The maximum Gasteiger partial charge on any atom is 0.338 e. The molecule has 10 nitrogen and oxygen atoms in total. The number of rotatable bonds is 9. The van der Waals surface area contributed by atoms with Crippen molar-refractivity contribution in [1.82, 2.24) is 20.1 Å². The fraction of sp³-hybridized carbons (Fsp3) is 0.500. The van der Waals surface area contributed by atoms with Crippen molar-refractivity contribution in [3.63, 3.8) is 0 Å². The van der Waals surface area contributed by atoms with E-state index in [-0.39, 0.29) is 62.5 Å². The number of carboxylic acid groups (broad SMARTS) is 1. The fourth-order valence-electron chi connectivity index (χ4n) is 6.02. The number of piperidine rings is 1. The van der Waals surface area contributed by atoms with E-state index in [1.807, 2.05) is 4.90 Å². The predicted octanol–water partition coefficient (Wildman–Crippen LogP) is 3.62. The molecule has 2 aromatic rings. The van der Waals surface area contributed by atoms with Crippen LogP contribution < -0.4 is 5.32 Å². The number of nitrogens with one attached hydrogen (secondary N) is 1. The van der Waals surface area contributed by atoms with Crippen LogP contribution in [0.2, 0.25) is 0 Å². The summed E-state index contributed by atoms with van der Waals surface area (Å²) in [5.74, 6) is -4.95. The molecular weight excluding hydrogens is 599 g/mol. The Bertz CT molecular complexity index is 1550. The molecule has 1 aromatic carbocycles. The molecule has 0 saturated carbocycles. The van der Waals surface area contributed by atoms with Crippen LogP contribution in [0.5, 0.6) is 0 Å². The normalized spacial score (nSPS) is 24.2. The van der Waals surface area contributed by atoms with Gasteiger partial charge in [-0.2, -0.15) is 0 Å². The highest BCUT2D eigenvalue weighted by molar-refractivity contribution is 7.11. The number of hydrogen-bond donors (Lipinski definition) is 2. The first-order valence-electron chi connectivity index (χ1n) is 14.3. The molecule has 0 bridgehead atoms. The van der Waals surface area contributed by atoms with Gasteiger partial charge in [0.15, 0.2) is 28.1 Å². The molecule has 4 heterocycles. The Balaban J connectivity index is 1.49. The number of ether oxygens (including phenoxy) is 1. The zero-order chi connectivity index (χ0) is 32.0. The number of carboxylic acids is 1. The van der Waals surface area contributed by atoms with Crippen LogP contribution in [0.15, 0.2) is 40.0 Å². The summed E-state index contributed by atoms with van der Waals surface area (Å²) in [5, 5.41) is 15.0. The van der Waals surface area contributed by atoms with Crippen molar-refractivity contribution in [2.45, 2.75) is 45.8 Å². The molecule has 5 rings (SSSR count). The SMILES string of the molecule is CCOC(=O)C1=C(CN2CC[C@]3(F)C(=O)N(CC(C)(C)C(=O)O)C[C@@H]3C2)NC(c2nccs2)=N[C@H]1c1ccc(F)c(F)c1C. The average molecular weight is 634 g/mol. The van der Waals surface area contributed by atoms with Crippen molar-refractivity contribution >= 4 is 35.0 Å². The number of hydrogen-bond acceptors (Lipinski definition) is 9. The molecule has 2 saturated heterocycles. The third-order valence-corrected chi connectivity index (χ3v) is 9.26. The van der Waals surface area contributed by atoms with E-state index in [1.54, 1.807) is 18.5 Å². The summed E-state index contributed by atoms with van der Waals surface area (Å²) in [6, 6.07) is 1.33. The minimum atomic E-state index is -2.12. The van der Waals surface area contributed by atoms with Crippen molar-refractivity contribution in [2.24, 2.45) is 16.3 Å². The highest BCUT2D eigenvalue weighted by Gasteiger charge is 2.58. The van der Waals surface area contributed by atoms with E-state index in [2.05, 4.69) is 10.3 Å². The molecule has 236 valence electrons. The zero-order valence-electron chi connectivity index (χ0n) is 24.8. The molecule has 1 amide bonds. The highest BCUT2D eigenvalue weighted by Crippen LogP contribution is 2.42. The molecule has 2 fully saturated rings. The van der Waals surface area contributed by atoms with Gasteiger partial charge in [0, 0.05) is 62.3 Å². The van der Waals surface area contributed by atoms with E-state index in [1.165, 1.54) is 43.1 Å². The lowest BCUT2D eigenvalue weighted by Gasteiger charge is -2.38. The van der Waals surface area contributed by atoms with E-state index >= 15 is 4.39 Å². The lowest BCUT2D eigenvalue weighted by atomic mass is 9.84. The van der Waals surface area contributed by atoms with E-state index in [0.717, 1.165) is 6.07 Å². The number of aliphatic imine (C=N–C) groups is 1. The summed E-state index contributed by atoms with van der Waals surface area (Å²) in [6.07, 6.45) is 1.48. The summed E-state index contributed by atoms with van der Waals surface area (Å²) >= 11 is 1.30. The van der Waals surface area contributed by atoms with Gasteiger partial charge in [-0.1, -0.05) is 6.07 Å². The number of esters is 1. The van der Waals surface area contributed by atoms with E-state index in [0.29, 0.717) is 16.5 Å². The summed E-state index contributed by atoms with van der Waals surface area (Å²) in [6.45, 7) is 6.49. The van der Waals surface area contributed by atoms with Gasteiger partial charge < -0.3 is 20.1 Å². The lowest BCUT2D eigenvalue weighted by molar-refractivity contribution is -0.150. The van der Waals surface area contributed by atoms with Gasteiger partial charge in [0.05, 0.1) is 17.6 Å². The summed E-state index contributed by atoms with van der Waals surface area (Å²) in [5.41, 5.74) is -2.61. The van der Waals surface area contributed by atoms with E-state index < -0.39 is 52.5 Å². The number of thiazole rings is 1. The summed E-state index contributed by atoms with van der Waals surface area (Å²) in [4.78, 5) is 50.5. The Hall–Kier alpha value is -3.78. The molecule has 3 aliphatic rings. The van der Waals surface area contributed by atoms with Crippen LogP contribution in [0.1, 0.15) is 49.4 Å². The molecule has 2 N–H and O–H groups in total. The number of aliphatic carboxylic acids is 1. The largest absolute Gasteiger partial charge is 0.481 e. The molecule has 14 heteroatoms. The number of fused-ring (bicyclic) bond motifs is 1. The Morgan fingerprint density at radius 1 is 1.27 bits per heavy atom. The summed E-state index contributed by atoms with van der Waals surface area (Å²) < 4.78 is 50.3. The van der Waals surface area contributed by atoms with Gasteiger partial charge in [-0.15, -0.1) is 11.3 Å². The second kappa shape index (κ2) is 12.0. The average Bonchev–Trinajstić information content (AvgIpc) is 3.59. The molecule has 0 unspecified atom stereocenters. The van der Waals surface area contributed by atoms with Gasteiger partial charge in [-0.25, -0.2) is 22.9 Å². The molecule has 1 aromatic heterocycles. The number of carbonyl (C=O) groups excluding carboxylic acids is 2. The molecule has 0 spiro atoms. The first-order valence-corrected chi connectivity index (χ1v) is 15.2. The third-order valence-electron chi connectivity index (χ3n) is 8.48. The van der Waals surface area contributed by atoms with Gasteiger partial charge in [-0.3, -0.25) is 19.5 Å². The van der Waals surface area contributed by atoms with Crippen LogP contribution in [-0.2, 0) is 19.1 Å². The van der Waals surface area contributed by atoms with Crippen LogP contribution in [-0.4, -0.2) is 88.6 Å². The number of amides is 1. The van der Waals surface area contributed by atoms with Gasteiger partial charge >= 0.3 is 11.9 Å². The molecule has 3 aliphatic heterocycles. The van der Waals surface area contributed by atoms with Crippen molar-refractivity contribution in [3.8, 4) is 0 Å². The monoisotopic (exact) mass is 633 g/mol. The second-order valence-electron chi connectivity index (χ2n) is 12.0. The van der Waals surface area contributed by atoms with E-state index in [9.17, 15) is 28.3 Å². The molecule has 0 aliphatic carbocycles. The number of amidine groups is 1. The first-order chi connectivity index (χ1) is 20.8. The second-order valence-corrected chi connectivity index (χ2v) is 12.8. The van der Waals surface area contributed by atoms with Crippen LogP contribution in [0, 0.1) is 29.9 Å². The van der Waals surface area contributed by atoms with Crippen molar-refractivity contribution in [3.05, 3.63) is 62.7 Å². The van der Waals surface area contributed by atoms with Gasteiger partial charge in [0.25, 0.3) is 5.91 Å². The number of likely N-dealkylation sites (tertiary alicyclic amines) is 2. The topological polar surface area (TPSA) is 124 Å². The Labute approximate surface area is 256 Å². The summed E-state index contributed by atoms with van der Waals surface area (Å²) in [7, 11) is 0. The van der Waals surface area contributed by atoms with Gasteiger partial charge in [-0.05, 0) is 44.9 Å². The third kappa shape index (κ3) is 5.72. The minimum Gasteiger partial charge on any atom is -0.481 e. The van der Waals surface area contributed by atoms with Crippen molar-refractivity contribution in [2.75, 3.05) is 39.3 Å². The number of benzene rings is 1. The number of aromatic nitrogens is 1. The Morgan fingerprint density at radius 3 is 2.68 bits per heavy atom. The highest BCUT2D eigenvalue weighted by atomic mass is 32.1. The Morgan fingerprint density at radius 2 is 2.02 bits per heavy atom. The standard InChI is InChI=1S/C30H34F3N5O5S/c1-5-43-26(39)21-20(14-37-10-8-30(33)17(12-37)13-38(27(30)40)15-29(3,4)28(41)42)35-24(25-34-9-11-44-25)36-23(21)18-6-7-19(31)22(32)16(18)2/h6-7,9,11,17,23H,5,8,10,12-15H2,1-4H3,(H,35,36)(H,41,42)/t17-,23-,30+/m0/s1. The van der Waals surface area contributed by atoms with Crippen LogP contribution >= 0.6 is 11.3 Å². The maximum atomic E-state index is 16.1. The van der Waals surface area contributed by atoms with Crippen LogP contribution in [0.4, 0.5) is 13.2 Å². The first kappa shape index (κ1) is 31.6. The molecule has 0 radical (unpaired) electrons. The lowest BCUT2D eigenvalue weighted by Crippen LogP contribution is -2.52. The molecule has 3 atom stereocenters. The maximum absolute atomic E-state index is 16.1. The number of nitrogens with zero attached hydrogens (tertiary/aromatic N) is 4. The number of halogens is 3. The number of alkyl halides is 1. The predicted molar refractivity (Wildman–Crippen MR) is 156 cm³/mol. The van der Waals surface area contributed by atoms with Crippen LogP contribution in [0.3, 0.4) is 0 Å². The quantitative estimate of drug-likeness (QED) is 0.402. The van der Waals surface area contributed by atoms with E-state index in [4.69, 9.17) is 9.73 Å². The van der Waals surface area contributed by atoms with Gasteiger partial charge in [0.1, 0.15) is 6.04 Å². The minimum absolute atomic E-state index is 0.00526. The number of carbonyl (C=O) groups is 3. The molecule has 44 heavy (non-hydrogen) atoms. The fourth-order valence-corrected chi connectivity index (χ4v) is 6.61. The van der Waals surface area contributed by atoms with Crippen LogP contribution in [0.25, 0.3) is 0 Å². The zero-order valence-corrected chi connectivity index (χ0v) is 25.6. The smallest absolute Gasteiger partial charge is 0.338 e. The Kier molecular flexibility index (Phi) is 8.60. The van der Waals surface area contributed by atoms with Crippen molar-refractivity contribution in [1.29, 1.82) is 0 Å². The molecular formula is C30H34F3N5O5S.